The van der Waals surface area contributed by atoms with E-state index in [0.29, 0.717) is 42.9 Å². The summed E-state index contributed by atoms with van der Waals surface area (Å²) in [4.78, 5) is 26.1. The molecule has 13 heteroatoms. The van der Waals surface area contributed by atoms with Gasteiger partial charge in [0, 0.05) is 65.3 Å². The van der Waals surface area contributed by atoms with Crippen LogP contribution in [0.1, 0.15) is 37.8 Å². The van der Waals surface area contributed by atoms with Crippen molar-refractivity contribution in [1.29, 1.82) is 0 Å². The summed E-state index contributed by atoms with van der Waals surface area (Å²) in [6, 6.07) is 5.30. The summed E-state index contributed by atoms with van der Waals surface area (Å²) in [5.74, 6) is -1.48. The van der Waals surface area contributed by atoms with Crippen LogP contribution >= 0.6 is 0 Å². The minimum absolute atomic E-state index is 0.0343. The Kier molecular flexibility index (Phi) is 12.2. The van der Waals surface area contributed by atoms with E-state index in [1.165, 1.54) is 10.7 Å². The van der Waals surface area contributed by atoms with Crippen molar-refractivity contribution in [3.05, 3.63) is 29.3 Å². The minimum atomic E-state index is -5.08. The number of nitrogens with zero attached hydrogens (tertiary/aromatic N) is 3. The van der Waals surface area contributed by atoms with Crippen LogP contribution in [0.15, 0.2) is 23.1 Å². The molecule has 2 saturated heterocycles. The first kappa shape index (κ1) is 33.0. The lowest BCUT2D eigenvalue weighted by Gasteiger charge is -2.36. The first-order valence-electron chi connectivity index (χ1n) is 13.2. The van der Waals surface area contributed by atoms with Crippen molar-refractivity contribution in [2.75, 3.05) is 58.9 Å². The Morgan fingerprint density at radius 2 is 1.62 bits per heavy atom. The number of hydrogen-bond donors (Lipinski definition) is 2. The number of sulfonamides is 1. The van der Waals surface area contributed by atoms with Gasteiger partial charge in [-0.05, 0) is 55.4 Å². The number of hydrogen-bond acceptors (Lipinski definition) is 6. The van der Waals surface area contributed by atoms with Crippen LogP contribution in [0.4, 0.5) is 13.2 Å². The molecule has 2 aliphatic heterocycles. The second kappa shape index (κ2) is 14.4. The molecule has 0 bridgehead atoms. The van der Waals surface area contributed by atoms with Gasteiger partial charge in [0.15, 0.2) is 0 Å². The molecule has 2 N–H and O–H groups in total. The monoisotopic (exact) mass is 578 g/mol. The van der Waals surface area contributed by atoms with E-state index in [1.807, 2.05) is 24.8 Å². The molecule has 1 aromatic carbocycles. The number of alkyl halides is 3. The molecule has 0 aliphatic carbocycles. The lowest BCUT2D eigenvalue weighted by Crippen LogP contribution is -2.48. The highest BCUT2D eigenvalue weighted by Crippen LogP contribution is 2.23. The van der Waals surface area contributed by atoms with Crippen molar-refractivity contribution < 1.29 is 36.3 Å². The van der Waals surface area contributed by atoms with E-state index in [-0.39, 0.29) is 18.9 Å². The maximum atomic E-state index is 13.6. The summed E-state index contributed by atoms with van der Waals surface area (Å²) in [6.45, 7) is 14.7. The second-order valence-corrected chi connectivity index (χ2v) is 12.5. The Morgan fingerprint density at radius 3 is 2.13 bits per heavy atom. The number of benzene rings is 1. The van der Waals surface area contributed by atoms with E-state index in [2.05, 4.69) is 24.1 Å². The average molecular weight is 579 g/mol. The molecule has 2 heterocycles. The number of rotatable bonds is 8. The molecule has 1 aromatic rings. The van der Waals surface area contributed by atoms with Gasteiger partial charge >= 0.3 is 12.1 Å². The second-order valence-electron chi connectivity index (χ2n) is 10.5. The highest BCUT2D eigenvalue weighted by Gasteiger charge is 2.38. The van der Waals surface area contributed by atoms with E-state index in [1.54, 1.807) is 12.1 Å². The molecule has 9 nitrogen and oxygen atoms in total. The van der Waals surface area contributed by atoms with Crippen molar-refractivity contribution >= 4 is 21.9 Å². The number of carboxylic acids is 1. The van der Waals surface area contributed by atoms with E-state index < -0.39 is 22.2 Å². The Hall–Kier alpha value is -2.22. The smallest absolute Gasteiger partial charge is 0.475 e. The molecule has 0 radical (unpaired) electrons. The number of piperidine rings is 1. The summed E-state index contributed by atoms with van der Waals surface area (Å²) in [7, 11) is -3.67. The number of carbonyl (C=O) groups excluding carboxylic acids is 1. The number of likely N-dealkylation sites (tertiary alicyclic amines) is 1. The third-order valence-corrected chi connectivity index (χ3v) is 8.91. The predicted molar refractivity (Wildman–Crippen MR) is 142 cm³/mol. The molecule has 0 saturated carbocycles. The van der Waals surface area contributed by atoms with Crippen molar-refractivity contribution in [2.24, 2.45) is 11.8 Å². The van der Waals surface area contributed by atoms with Crippen LogP contribution in [0.3, 0.4) is 0 Å². The van der Waals surface area contributed by atoms with Crippen LogP contribution in [0, 0.1) is 25.7 Å². The predicted octanol–water partition coefficient (Wildman–Crippen LogP) is 2.73. The third-order valence-electron chi connectivity index (χ3n) is 7.01. The van der Waals surface area contributed by atoms with E-state index >= 15 is 0 Å². The quantitative estimate of drug-likeness (QED) is 0.488. The Morgan fingerprint density at radius 1 is 1.05 bits per heavy atom. The van der Waals surface area contributed by atoms with Crippen molar-refractivity contribution in [2.45, 2.75) is 51.6 Å². The first-order valence-corrected chi connectivity index (χ1v) is 14.6. The highest BCUT2D eigenvalue weighted by molar-refractivity contribution is 7.89. The van der Waals surface area contributed by atoms with Gasteiger partial charge in [-0.3, -0.25) is 4.79 Å². The van der Waals surface area contributed by atoms with Gasteiger partial charge in [-0.25, -0.2) is 13.2 Å². The Labute approximate surface area is 229 Å². The average Bonchev–Trinajstić information content (AvgIpc) is 2.85. The molecule has 0 spiro atoms. The van der Waals surface area contributed by atoms with Crippen molar-refractivity contribution in [3.8, 4) is 0 Å². The fourth-order valence-corrected chi connectivity index (χ4v) is 6.41. The number of aliphatic carboxylic acids is 1. The molecular formula is C26H41F3N4O5S. The van der Waals surface area contributed by atoms with E-state index in [0.717, 1.165) is 37.3 Å². The van der Waals surface area contributed by atoms with Gasteiger partial charge < -0.3 is 20.2 Å². The van der Waals surface area contributed by atoms with Gasteiger partial charge in [0.25, 0.3) is 0 Å². The first-order chi connectivity index (χ1) is 18.1. The van der Waals surface area contributed by atoms with Crippen LogP contribution in [0.25, 0.3) is 0 Å². The van der Waals surface area contributed by atoms with Crippen LogP contribution in [-0.4, -0.2) is 105 Å². The van der Waals surface area contributed by atoms with Crippen LogP contribution in [0.2, 0.25) is 0 Å². The number of nitrogens with one attached hydrogen (secondary N) is 1. The zero-order valence-corrected chi connectivity index (χ0v) is 23.9. The van der Waals surface area contributed by atoms with Crippen LogP contribution < -0.4 is 5.32 Å². The standard InChI is InChI=1S/C24H40N4O3S.C2HF3O2/c1-19-15-20(2)18-26(17-19)13-14-28(10-7-24(29)27-11-8-25-9-12-27)32(30,31)23-6-5-21(3)22(4)16-23;3-2(4,5)1(6)7/h5-6,16,19-20,25H,7-15,17-18H2,1-4H3;(H,6,7). The number of carboxylic acid groups (broad SMARTS) is 1. The molecule has 2 fully saturated rings. The summed E-state index contributed by atoms with van der Waals surface area (Å²) in [5.41, 5.74) is 2.03. The molecule has 2 aliphatic rings. The molecule has 0 aromatic heterocycles. The van der Waals surface area contributed by atoms with Gasteiger partial charge in [-0.1, -0.05) is 19.9 Å². The molecular weight excluding hydrogens is 537 g/mol. The summed E-state index contributed by atoms with van der Waals surface area (Å²) < 4.78 is 60.4. The molecule has 222 valence electrons. The molecule has 2 atom stereocenters. The maximum absolute atomic E-state index is 13.6. The summed E-state index contributed by atoms with van der Waals surface area (Å²) in [6.07, 6.45) is -3.64. The van der Waals surface area contributed by atoms with Crippen molar-refractivity contribution in [1.82, 2.24) is 19.4 Å². The number of aryl methyl sites for hydroxylation is 2. The van der Waals surface area contributed by atoms with E-state index in [9.17, 15) is 26.4 Å². The summed E-state index contributed by atoms with van der Waals surface area (Å²) in [5, 5.41) is 10.4. The molecule has 1 amide bonds. The zero-order valence-electron chi connectivity index (χ0n) is 23.1. The molecule has 2 unspecified atom stereocenters. The van der Waals surface area contributed by atoms with Gasteiger partial charge in [-0.2, -0.15) is 17.5 Å². The van der Waals surface area contributed by atoms with Gasteiger partial charge in [-0.15, -0.1) is 0 Å². The number of piperazine rings is 1. The molecule has 3 rings (SSSR count). The largest absolute Gasteiger partial charge is 0.490 e. The third kappa shape index (κ3) is 10.4. The topological polar surface area (TPSA) is 110 Å². The van der Waals surface area contributed by atoms with Gasteiger partial charge in [0.05, 0.1) is 4.90 Å². The fourth-order valence-electron chi connectivity index (χ4n) is 4.90. The lowest BCUT2D eigenvalue weighted by atomic mass is 9.92. The Balaban J connectivity index is 0.000000673. The SMILES string of the molecule is Cc1ccc(S(=O)(=O)N(CCC(=O)N2CCNCC2)CCN2CC(C)CC(C)C2)cc1C.O=C(O)C(F)(F)F. The Bertz CT molecular complexity index is 1070. The number of amides is 1. The lowest BCUT2D eigenvalue weighted by molar-refractivity contribution is -0.192. The van der Waals surface area contributed by atoms with E-state index in [4.69, 9.17) is 9.90 Å². The van der Waals surface area contributed by atoms with Crippen LogP contribution in [0.5, 0.6) is 0 Å². The number of halogens is 3. The minimum Gasteiger partial charge on any atom is -0.475 e. The normalized spacial score (nSPS) is 20.9. The number of carbonyl (C=O) groups is 2. The fraction of sp³-hybridized carbons (Fsp3) is 0.692. The maximum Gasteiger partial charge on any atom is 0.490 e. The summed E-state index contributed by atoms with van der Waals surface area (Å²) >= 11 is 0. The molecule has 39 heavy (non-hydrogen) atoms. The zero-order chi connectivity index (χ0) is 29.4. The van der Waals surface area contributed by atoms with Gasteiger partial charge in [0.1, 0.15) is 0 Å². The van der Waals surface area contributed by atoms with Gasteiger partial charge in [0.2, 0.25) is 15.9 Å². The van der Waals surface area contributed by atoms with Crippen LogP contribution in [-0.2, 0) is 19.6 Å². The highest BCUT2D eigenvalue weighted by atomic mass is 32.2. The van der Waals surface area contributed by atoms with Crippen molar-refractivity contribution in [3.63, 3.8) is 0 Å².